The molecule has 0 atom stereocenters. The van der Waals surface area contributed by atoms with Crippen molar-refractivity contribution in [1.82, 2.24) is 10.2 Å². The number of nitrogen functional groups attached to an aromatic ring is 1. The van der Waals surface area contributed by atoms with Crippen LogP contribution in [-0.4, -0.2) is 43.1 Å². The summed E-state index contributed by atoms with van der Waals surface area (Å²) < 4.78 is 5.08. The smallest absolute Gasteiger partial charge is 0.340 e. The SMILES string of the molecule is Nc1cc(Cl)ccc1C(=O)OCCN1CCNC1=O. The second-order valence-corrected chi connectivity index (χ2v) is 4.52. The summed E-state index contributed by atoms with van der Waals surface area (Å²) >= 11 is 5.74. The van der Waals surface area contributed by atoms with Gasteiger partial charge in [-0.05, 0) is 18.2 Å². The first kappa shape index (κ1) is 13.5. The normalized spacial score (nSPS) is 14.4. The van der Waals surface area contributed by atoms with Gasteiger partial charge in [-0.25, -0.2) is 9.59 Å². The van der Waals surface area contributed by atoms with E-state index in [0.717, 1.165) is 0 Å². The van der Waals surface area contributed by atoms with Crippen molar-refractivity contribution in [1.29, 1.82) is 0 Å². The first-order valence-electron chi connectivity index (χ1n) is 5.83. The molecule has 1 aliphatic heterocycles. The van der Waals surface area contributed by atoms with Crippen molar-refractivity contribution in [3.8, 4) is 0 Å². The number of esters is 1. The number of nitrogens with zero attached hydrogens (tertiary/aromatic N) is 1. The fraction of sp³-hybridized carbons (Fsp3) is 0.333. The van der Waals surface area contributed by atoms with Gasteiger partial charge in [0.2, 0.25) is 0 Å². The summed E-state index contributed by atoms with van der Waals surface area (Å²) in [6, 6.07) is 4.44. The van der Waals surface area contributed by atoms with Gasteiger partial charge in [0.15, 0.2) is 0 Å². The number of halogens is 1. The average Bonchev–Trinajstić information content (AvgIpc) is 2.75. The molecule has 102 valence electrons. The van der Waals surface area contributed by atoms with Gasteiger partial charge in [-0.15, -0.1) is 0 Å². The highest BCUT2D eigenvalue weighted by atomic mass is 35.5. The largest absolute Gasteiger partial charge is 0.460 e. The number of amides is 2. The van der Waals surface area contributed by atoms with Crippen molar-refractivity contribution in [2.75, 3.05) is 32.0 Å². The first-order chi connectivity index (χ1) is 9.08. The van der Waals surface area contributed by atoms with Gasteiger partial charge < -0.3 is 20.7 Å². The summed E-state index contributed by atoms with van der Waals surface area (Å²) in [4.78, 5) is 24.6. The summed E-state index contributed by atoms with van der Waals surface area (Å²) in [5, 5.41) is 3.13. The Morgan fingerprint density at radius 2 is 2.32 bits per heavy atom. The van der Waals surface area contributed by atoms with E-state index in [1.54, 1.807) is 11.0 Å². The van der Waals surface area contributed by atoms with Crippen LogP contribution in [0.25, 0.3) is 0 Å². The zero-order valence-corrected chi connectivity index (χ0v) is 10.9. The van der Waals surface area contributed by atoms with E-state index in [2.05, 4.69) is 5.32 Å². The van der Waals surface area contributed by atoms with E-state index in [1.807, 2.05) is 0 Å². The Labute approximate surface area is 115 Å². The van der Waals surface area contributed by atoms with Gasteiger partial charge in [-0.2, -0.15) is 0 Å². The number of ether oxygens (including phenoxy) is 1. The quantitative estimate of drug-likeness (QED) is 0.640. The Morgan fingerprint density at radius 1 is 1.53 bits per heavy atom. The number of hydrogen-bond donors (Lipinski definition) is 2. The zero-order valence-electron chi connectivity index (χ0n) is 10.2. The number of urea groups is 1. The van der Waals surface area contributed by atoms with Gasteiger partial charge in [0, 0.05) is 23.8 Å². The van der Waals surface area contributed by atoms with Gasteiger partial charge in [0.05, 0.1) is 12.1 Å². The molecule has 1 fully saturated rings. The van der Waals surface area contributed by atoms with Crippen LogP contribution in [0.1, 0.15) is 10.4 Å². The Hall–Kier alpha value is -1.95. The average molecular weight is 284 g/mol. The number of rotatable bonds is 4. The van der Waals surface area contributed by atoms with Crippen molar-refractivity contribution < 1.29 is 14.3 Å². The maximum atomic E-state index is 11.8. The molecule has 0 radical (unpaired) electrons. The molecule has 0 spiro atoms. The highest BCUT2D eigenvalue weighted by molar-refractivity contribution is 6.31. The van der Waals surface area contributed by atoms with Crippen LogP contribution < -0.4 is 11.1 Å². The molecule has 1 aliphatic rings. The van der Waals surface area contributed by atoms with Crippen LogP contribution in [0.4, 0.5) is 10.5 Å². The van der Waals surface area contributed by atoms with E-state index in [-0.39, 0.29) is 23.9 Å². The number of nitrogens with two attached hydrogens (primary N) is 1. The van der Waals surface area contributed by atoms with Crippen molar-refractivity contribution in [2.24, 2.45) is 0 Å². The highest BCUT2D eigenvalue weighted by Crippen LogP contribution is 2.18. The molecule has 0 saturated carbocycles. The number of carbonyl (C=O) groups excluding carboxylic acids is 2. The molecule has 1 aromatic rings. The number of anilines is 1. The minimum atomic E-state index is -0.520. The molecule has 3 N–H and O–H groups in total. The van der Waals surface area contributed by atoms with Gasteiger partial charge in [-0.3, -0.25) is 0 Å². The third-order valence-electron chi connectivity index (χ3n) is 2.77. The third-order valence-corrected chi connectivity index (χ3v) is 3.01. The fourth-order valence-electron chi connectivity index (χ4n) is 1.77. The number of nitrogens with one attached hydrogen (secondary N) is 1. The Bertz CT molecular complexity index is 507. The molecule has 0 aromatic heterocycles. The van der Waals surface area contributed by atoms with E-state index in [9.17, 15) is 9.59 Å². The predicted octanol–water partition coefficient (Wildman–Crippen LogP) is 1.10. The summed E-state index contributed by atoms with van der Waals surface area (Å²) in [6.07, 6.45) is 0. The van der Waals surface area contributed by atoms with Gasteiger partial charge in [-0.1, -0.05) is 11.6 Å². The minimum Gasteiger partial charge on any atom is -0.460 e. The minimum absolute atomic E-state index is 0.133. The monoisotopic (exact) mass is 283 g/mol. The van der Waals surface area contributed by atoms with Crippen LogP contribution in [0.15, 0.2) is 18.2 Å². The maximum absolute atomic E-state index is 11.8. The lowest BCUT2D eigenvalue weighted by molar-refractivity contribution is 0.0483. The van der Waals surface area contributed by atoms with E-state index in [0.29, 0.717) is 24.7 Å². The molecule has 2 amide bonds. The molecule has 1 aromatic carbocycles. The molecule has 19 heavy (non-hydrogen) atoms. The molecular weight excluding hydrogens is 270 g/mol. The van der Waals surface area contributed by atoms with E-state index in [4.69, 9.17) is 22.1 Å². The summed E-state index contributed by atoms with van der Waals surface area (Å²) in [5.41, 5.74) is 6.23. The van der Waals surface area contributed by atoms with Crippen LogP contribution in [0, 0.1) is 0 Å². The van der Waals surface area contributed by atoms with E-state index < -0.39 is 5.97 Å². The molecule has 1 heterocycles. The van der Waals surface area contributed by atoms with Crippen LogP contribution in [0.2, 0.25) is 5.02 Å². The van der Waals surface area contributed by atoms with Crippen molar-refractivity contribution in [3.05, 3.63) is 28.8 Å². The summed E-state index contributed by atoms with van der Waals surface area (Å²) in [5.74, 6) is -0.520. The Balaban J connectivity index is 1.85. The van der Waals surface area contributed by atoms with Crippen LogP contribution >= 0.6 is 11.6 Å². The predicted molar refractivity (Wildman–Crippen MR) is 71.1 cm³/mol. The van der Waals surface area contributed by atoms with Gasteiger partial charge >= 0.3 is 12.0 Å². The number of benzene rings is 1. The summed E-state index contributed by atoms with van der Waals surface area (Å²) in [6.45, 7) is 1.75. The van der Waals surface area contributed by atoms with Crippen molar-refractivity contribution in [3.63, 3.8) is 0 Å². The van der Waals surface area contributed by atoms with Crippen LogP contribution in [-0.2, 0) is 4.74 Å². The summed E-state index contributed by atoms with van der Waals surface area (Å²) in [7, 11) is 0. The second kappa shape index (κ2) is 5.79. The van der Waals surface area contributed by atoms with E-state index in [1.165, 1.54) is 12.1 Å². The molecule has 2 rings (SSSR count). The second-order valence-electron chi connectivity index (χ2n) is 4.09. The first-order valence-corrected chi connectivity index (χ1v) is 6.20. The third kappa shape index (κ3) is 3.29. The van der Waals surface area contributed by atoms with Crippen LogP contribution in [0.3, 0.4) is 0 Å². The van der Waals surface area contributed by atoms with Crippen molar-refractivity contribution in [2.45, 2.75) is 0 Å². The molecule has 0 bridgehead atoms. The molecule has 6 nitrogen and oxygen atoms in total. The highest BCUT2D eigenvalue weighted by Gasteiger charge is 2.19. The molecular formula is C12H14ClN3O3. The van der Waals surface area contributed by atoms with Crippen LogP contribution in [0.5, 0.6) is 0 Å². The maximum Gasteiger partial charge on any atom is 0.340 e. The van der Waals surface area contributed by atoms with Crippen molar-refractivity contribution >= 4 is 29.3 Å². The van der Waals surface area contributed by atoms with Gasteiger partial charge in [0.25, 0.3) is 0 Å². The topological polar surface area (TPSA) is 84.7 Å². The Morgan fingerprint density at radius 3 is 2.95 bits per heavy atom. The zero-order chi connectivity index (χ0) is 13.8. The Kier molecular flexibility index (Phi) is 4.11. The number of hydrogen-bond acceptors (Lipinski definition) is 4. The lowest BCUT2D eigenvalue weighted by Gasteiger charge is -2.14. The molecule has 0 unspecified atom stereocenters. The number of carbonyl (C=O) groups is 2. The molecule has 0 aliphatic carbocycles. The van der Waals surface area contributed by atoms with E-state index >= 15 is 0 Å². The standard InChI is InChI=1S/C12H14ClN3O3/c13-8-1-2-9(10(14)7-8)11(17)19-6-5-16-4-3-15-12(16)18/h1-2,7H,3-6,14H2,(H,15,18). The van der Waals surface area contributed by atoms with Gasteiger partial charge in [0.1, 0.15) is 6.61 Å². The molecule has 1 saturated heterocycles. The lowest BCUT2D eigenvalue weighted by Crippen LogP contribution is -2.31. The molecule has 7 heteroatoms. The fourth-order valence-corrected chi connectivity index (χ4v) is 1.95. The lowest BCUT2D eigenvalue weighted by atomic mass is 10.2.